The summed E-state index contributed by atoms with van der Waals surface area (Å²) in [5.74, 6) is -0.801. The summed E-state index contributed by atoms with van der Waals surface area (Å²) in [6, 6.07) is 11.4. The van der Waals surface area contributed by atoms with Crippen molar-refractivity contribution in [1.29, 1.82) is 0 Å². The van der Waals surface area contributed by atoms with Gasteiger partial charge >= 0.3 is 0 Å². The summed E-state index contributed by atoms with van der Waals surface area (Å²) in [6.07, 6.45) is 1.78. The van der Waals surface area contributed by atoms with Gasteiger partial charge < -0.3 is 10.2 Å². The second kappa shape index (κ2) is 9.36. The van der Waals surface area contributed by atoms with Crippen molar-refractivity contribution in [2.24, 2.45) is 0 Å². The SMILES string of the molecule is CN(C(=O)c1ccc(S(=O)(=O)Nc2ccccc2F)cc1)C1CCNCC1.Cl. The van der Waals surface area contributed by atoms with Crippen LogP contribution < -0.4 is 10.0 Å². The van der Waals surface area contributed by atoms with Crippen molar-refractivity contribution in [3.63, 3.8) is 0 Å². The highest BCUT2D eigenvalue weighted by Crippen LogP contribution is 2.20. The average Bonchev–Trinajstić information content (AvgIpc) is 2.69. The predicted molar refractivity (Wildman–Crippen MR) is 109 cm³/mol. The van der Waals surface area contributed by atoms with Crippen LogP contribution in [0.15, 0.2) is 53.4 Å². The van der Waals surface area contributed by atoms with Crippen molar-refractivity contribution in [3.05, 3.63) is 59.9 Å². The van der Waals surface area contributed by atoms with Gasteiger partial charge in [0.15, 0.2) is 0 Å². The molecule has 2 aromatic carbocycles. The molecule has 2 N–H and O–H groups in total. The molecule has 1 saturated heterocycles. The molecular formula is C19H23ClFN3O3S. The number of piperidine rings is 1. The Kier molecular flexibility index (Phi) is 7.40. The molecule has 1 aliphatic rings. The highest BCUT2D eigenvalue weighted by molar-refractivity contribution is 7.92. The molecule has 0 radical (unpaired) electrons. The molecule has 9 heteroatoms. The van der Waals surface area contributed by atoms with Gasteiger partial charge in [0.25, 0.3) is 15.9 Å². The molecule has 0 unspecified atom stereocenters. The van der Waals surface area contributed by atoms with Crippen LogP contribution in [0, 0.1) is 5.82 Å². The topological polar surface area (TPSA) is 78.5 Å². The summed E-state index contributed by atoms with van der Waals surface area (Å²) in [6.45, 7) is 1.75. The van der Waals surface area contributed by atoms with Crippen molar-refractivity contribution < 1.29 is 17.6 Å². The van der Waals surface area contributed by atoms with Crippen molar-refractivity contribution in [2.75, 3.05) is 24.9 Å². The molecule has 0 aliphatic carbocycles. The van der Waals surface area contributed by atoms with Gasteiger partial charge in [0.1, 0.15) is 5.82 Å². The molecule has 6 nitrogen and oxygen atoms in total. The minimum absolute atomic E-state index is 0. The third-order valence-electron chi connectivity index (χ3n) is 4.71. The molecular weight excluding hydrogens is 405 g/mol. The Morgan fingerprint density at radius 3 is 2.32 bits per heavy atom. The number of carbonyl (C=O) groups is 1. The van der Waals surface area contributed by atoms with E-state index in [2.05, 4.69) is 10.0 Å². The number of carbonyl (C=O) groups excluding carboxylic acids is 1. The third kappa shape index (κ3) is 5.01. The van der Waals surface area contributed by atoms with Crippen molar-refractivity contribution in [2.45, 2.75) is 23.8 Å². The van der Waals surface area contributed by atoms with E-state index >= 15 is 0 Å². The fourth-order valence-electron chi connectivity index (χ4n) is 3.09. The molecule has 1 amide bonds. The summed E-state index contributed by atoms with van der Waals surface area (Å²) in [7, 11) is -2.18. The van der Waals surface area contributed by atoms with E-state index in [0.717, 1.165) is 25.9 Å². The number of halogens is 2. The van der Waals surface area contributed by atoms with Crippen LogP contribution in [-0.4, -0.2) is 45.4 Å². The summed E-state index contributed by atoms with van der Waals surface area (Å²) in [5.41, 5.74) is 0.296. The molecule has 1 heterocycles. The Morgan fingerprint density at radius 1 is 1.11 bits per heavy atom. The van der Waals surface area contributed by atoms with Gasteiger partial charge in [-0.2, -0.15) is 0 Å². The van der Waals surface area contributed by atoms with Gasteiger partial charge in [0.05, 0.1) is 10.6 Å². The monoisotopic (exact) mass is 427 g/mol. The number of nitrogens with one attached hydrogen (secondary N) is 2. The largest absolute Gasteiger partial charge is 0.339 e. The number of hydrogen-bond donors (Lipinski definition) is 2. The van der Waals surface area contributed by atoms with Gasteiger partial charge in [-0.05, 0) is 62.3 Å². The van der Waals surface area contributed by atoms with E-state index in [4.69, 9.17) is 0 Å². The zero-order valence-corrected chi connectivity index (χ0v) is 17.0. The minimum atomic E-state index is -3.94. The first-order chi connectivity index (χ1) is 12.9. The lowest BCUT2D eigenvalue weighted by molar-refractivity contribution is 0.0703. The number of para-hydroxylation sites is 1. The number of amides is 1. The van der Waals surface area contributed by atoms with Crippen LogP contribution in [0.1, 0.15) is 23.2 Å². The molecule has 152 valence electrons. The van der Waals surface area contributed by atoms with E-state index in [1.54, 1.807) is 18.0 Å². The zero-order valence-electron chi connectivity index (χ0n) is 15.4. The quantitative estimate of drug-likeness (QED) is 0.769. The van der Waals surface area contributed by atoms with Crippen LogP contribution in [0.4, 0.5) is 10.1 Å². The van der Waals surface area contributed by atoms with Crippen molar-refractivity contribution >= 4 is 34.0 Å². The van der Waals surface area contributed by atoms with E-state index in [-0.39, 0.29) is 34.9 Å². The number of hydrogen-bond acceptors (Lipinski definition) is 4. The van der Waals surface area contributed by atoms with Gasteiger partial charge in [0.2, 0.25) is 0 Å². The second-order valence-corrected chi connectivity index (χ2v) is 8.19. The van der Waals surface area contributed by atoms with Crippen LogP contribution in [-0.2, 0) is 10.0 Å². The third-order valence-corrected chi connectivity index (χ3v) is 6.09. The van der Waals surface area contributed by atoms with Crippen LogP contribution in [0.25, 0.3) is 0 Å². The predicted octanol–water partition coefficient (Wildman–Crippen LogP) is 2.87. The van der Waals surface area contributed by atoms with Crippen molar-refractivity contribution in [1.82, 2.24) is 10.2 Å². The molecule has 2 aromatic rings. The molecule has 28 heavy (non-hydrogen) atoms. The van der Waals surface area contributed by atoms with Gasteiger partial charge in [0, 0.05) is 18.7 Å². The lowest BCUT2D eigenvalue weighted by Crippen LogP contribution is -2.43. The first-order valence-corrected chi connectivity index (χ1v) is 10.2. The molecule has 1 fully saturated rings. The van der Waals surface area contributed by atoms with Crippen LogP contribution in [0.5, 0.6) is 0 Å². The van der Waals surface area contributed by atoms with Crippen LogP contribution in [0.3, 0.4) is 0 Å². The molecule has 0 aromatic heterocycles. The van der Waals surface area contributed by atoms with Crippen molar-refractivity contribution in [3.8, 4) is 0 Å². The standard InChI is InChI=1S/C19H22FN3O3S.ClH/c1-23(15-10-12-21-13-11-15)19(24)14-6-8-16(9-7-14)27(25,26)22-18-5-3-2-4-17(18)20;/h2-9,15,21-22H,10-13H2,1H3;1H. The molecule has 1 aliphatic heterocycles. The fourth-order valence-corrected chi connectivity index (χ4v) is 4.16. The zero-order chi connectivity index (χ0) is 19.4. The molecule has 0 atom stereocenters. The Hall–Kier alpha value is -2.16. The molecule has 0 saturated carbocycles. The van der Waals surface area contributed by atoms with Gasteiger partial charge in [-0.3, -0.25) is 9.52 Å². The first kappa shape index (κ1) is 22.1. The Bertz CT molecular complexity index is 916. The number of nitrogens with zero attached hydrogens (tertiary/aromatic N) is 1. The maximum Gasteiger partial charge on any atom is 0.261 e. The lowest BCUT2D eigenvalue weighted by Gasteiger charge is -2.31. The molecule has 0 spiro atoms. The maximum atomic E-state index is 13.7. The van der Waals surface area contributed by atoms with E-state index in [1.165, 1.54) is 42.5 Å². The molecule has 3 rings (SSSR count). The average molecular weight is 428 g/mol. The van der Waals surface area contributed by atoms with E-state index in [0.29, 0.717) is 5.56 Å². The second-order valence-electron chi connectivity index (χ2n) is 6.51. The maximum absolute atomic E-state index is 13.7. The summed E-state index contributed by atoms with van der Waals surface area (Å²) < 4.78 is 40.8. The van der Waals surface area contributed by atoms with Crippen LogP contribution in [0.2, 0.25) is 0 Å². The summed E-state index contributed by atoms with van der Waals surface area (Å²) >= 11 is 0. The number of anilines is 1. The van der Waals surface area contributed by atoms with E-state index in [1.807, 2.05) is 0 Å². The summed E-state index contributed by atoms with van der Waals surface area (Å²) in [5, 5.41) is 3.26. The number of sulfonamides is 1. The van der Waals surface area contributed by atoms with Gasteiger partial charge in [-0.1, -0.05) is 12.1 Å². The molecule has 0 bridgehead atoms. The normalized spacial score (nSPS) is 14.8. The van der Waals surface area contributed by atoms with Gasteiger partial charge in [-0.25, -0.2) is 12.8 Å². The number of benzene rings is 2. The Balaban J connectivity index is 0.00000280. The van der Waals surface area contributed by atoms with Gasteiger partial charge in [-0.15, -0.1) is 12.4 Å². The first-order valence-electron chi connectivity index (χ1n) is 8.74. The number of rotatable bonds is 5. The Morgan fingerprint density at radius 2 is 1.71 bits per heavy atom. The Labute approximate surface area is 170 Å². The highest BCUT2D eigenvalue weighted by Gasteiger charge is 2.23. The van der Waals surface area contributed by atoms with E-state index < -0.39 is 15.8 Å². The highest BCUT2D eigenvalue weighted by atomic mass is 35.5. The van der Waals surface area contributed by atoms with E-state index in [9.17, 15) is 17.6 Å². The lowest BCUT2D eigenvalue weighted by atomic mass is 10.0. The fraction of sp³-hybridized carbons (Fsp3) is 0.316. The summed E-state index contributed by atoms with van der Waals surface area (Å²) in [4.78, 5) is 14.3. The van der Waals surface area contributed by atoms with Crippen LogP contribution >= 0.6 is 12.4 Å². The minimum Gasteiger partial charge on any atom is -0.339 e. The smallest absolute Gasteiger partial charge is 0.261 e.